The van der Waals surface area contributed by atoms with Gasteiger partial charge in [0, 0.05) is 23.8 Å². The van der Waals surface area contributed by atoms with Crippen molar-refractivity contribution in [1.82, 2.24) is 39.2 Å². The SMILES string of the molecule is Cc1cc(C)n2nc(C=O)nc2n1.Cc1cnc2nc(C=O)nn2c1. The maximum absolute atomic E-state index is 10.4. The molecule has 10 nitrogen and oxygen atoms in total. The van der Waals surface area contributed by atoms with Crippen molar-refractivity contribution in [1.29, 1.82) is 0 Å². The highest BCUT2D eigenvalue weighted by Gasteiger charge is 2.05. The van der Waals surface area contributed by atoms with Crippen LogP contribution in [-0.4, -0.2) is 51.7 Å². The number of aromatic nitrogens is 8. The lowest BCUT2D eigenvalue weighted by Gasteiger charge is -1.97. The summed E-state index contributed by atoms with van der Waals surface area (Å²) in [7, 11) is 0. The number of carbonyl (C=O) groups is 2. The van der Waals surface area contributed by atoms with E-state index in [2.05, 4.69) is 30.1 Å². The van der Waals surface area contributed by atoms with Crippen molar-refractivity contribution in [2.75, 3.05) is 0 Å². The number of carbonyl (C=O) groups excluding carboxylic acids is 2. The number of hydrogen-bond donors (Lipinski definition) is 0. The topological polar surface area (TPSA) is 120 Å². The molecule has 0 atom stereocenters. The summed E-state index contributed by atoms with van der Waals surface area (Å²) in [5.41, 5.74) is 2.77. The number of hydrogen-bond acceptors (Lipinski definition) is 8. The summed E-state index contributed by atoms with van der Waals surface area (Å²) in [6, 6.07) is 1.89. The maximum atomic E-state index is 10.4. The Kier molecular flexibility index (Phi) is 4.25. The first-order valence-corrected chi connectivity index (χ1v) is 7.30. The minimum absolute atomic E-state index is 0.160. The van der Waals surface area contributed by atoms with Crippen molar-refractivity contribution >= 4 is 24.1 Å². The van der Waals surface area contributed by atoms with E-state index in [4.69, 9.17) is 0 Å². The van der Waals surface area contributed by atoms with E-state index in [1.54, 1.807) is 16.9 Å². The van der Waals surface area contributed by atoms with Crippen LogP contribution in [0.25, 0.3) is 11.6 Å². The Morgan fingerprint density at radius 3 is 2.32 bits per heavy atom. The van der Waals surface area contributed by atoms with Gasteiger partial charge in [-0.1, -0.05) is 0 Å². The Morgan fingerprint density at radius 2 is 1.60 bits per heavy atom. The molecule has 126 valence electrons. The molecular weight excluding hydrogens is 324 g/mol. The first-order valence-electron chi connectivity index (χ1n) is 7.30. The molecule has 0 unspecified atom stereocenters. The summed E-state index contributed by atoms with van der Waals surface area (Å²) in [4.78, 5) is 36.6. The van der Waals surface area contributed by atoms with Gasteiger partial charge >= 0.3 is 0 Å². The van der Waals surface area contributed by atoms with Crippen molar-refractivity contribution in [3.63, 3.8) is 0 Å². The second-order valence-electron chi connectivity index (χ2n) is 5.30. The summed E-state index contributed by atoms with van der Waals surface area (Å²) in [5, 5.41) is 7.81. The lowest BCUT2D eigenvalue weighted by molar-refractivity contribution is 0.110. The highest BCUT2D eigenvalue weighted by molar-refractivity contribution is 5.69. The molecule has 0 aliphatic rings. The van der Waals surface area contributed by atoms with Gasteiger partial charge in [0.2, 0.25) is 11.6 Å². The molecule has 0 amide bonds. The summed E-state index contributed by atoms with van der Waals surface area (Å²) >= 11 is 0. The van der Waals surface area contributed by atoms with Crippen LogP contribution in [0.1, 0.15) is 38.2 Å². The molecule has 10 heteroatoms. The molecule has 0 spiro atoms. The van der Waals surface area contributed by atoms with Gasteiger partial charge in [0.15, 0.2) is 12.6 Å². The first kappa shape index (κ1) is 16.3. The van der Waals surface area contributed by atoms with Gasteiger partial charge in [0.25, 0.3) is 11.6 Å². The van der Waals surface area contributed by atoms with E-state index in [9.17, 15) is 9.59 Å². The first-order chi connectivity index (χ1) is 12.0. The zero-order chi connectivity index (χ0) is 18.0. The molecule has 0 N–H and O–H groups in total. The normalized spacial score (nSPS) is 10.5. The van der Waals surface area contributed by atoms with Crippen molar-refractivity contribution < 1.29 is 9.59 Å². The Bertz CT molecular complexity index is 1080. The fourth-order valence-electron chi connectivity index (χ4n) is 2.17. The minimum Gasteiger partial charge on any atom is -0.294 e. The average molecular weight is 338 g/mol. The van der Waals surface area contributed by atoms with Gasteiger partial charge < -0.3 is 0 Å². The van der Waals surface area contributed by atoms with Gasteiger partial charge in [0.1, 0.15) is 0 Å². The van der Waals surface area contributed by atoms with E-state index in [0.29, 0.717) is 24.1 Å². The molecule has 4 aromatic rings. The monoisotopic (exact) mass is 338 g/mol. The van der Waals surface area contributed by atoms with Crippen molar-refractivity contribution in [2.45, 2.75) is 20.8 Å². The van der Waals surface area contributed by atoms with Crippen LogP contribution >= 0.6 is 0 Å². The van der Waals surface area contributed by atoms with E-state index in [-0.39, 0.29) is 11.6 Å². The second-order valence-corrected chi connectivity index (χ2v) is 5.30. The van der Waals surface area contributed by atoms with Gasteiger partial charge in [-0.25, -0.2) is 19.0 Å². The quantitative estimate of drug-likeness (QED) is 0.492. The summed E-state index contributed by atoms with van der Waals surface area (Å²) in [6.07, 6.45) is 4.66. The largest absolute Gasteiger partial charge is 0.294 e. The third-order valence-corrected chi connectivity index (χ3v) is 3.18. The maximum Gasteiger partial charge on any atom is 0.253 e. The molecule has 0 fully saturated rings. The van der Waals surface area contributed by atoms with Crippen molar-refractivity contribution in [3.05, 3.63) is 47.1 Å². The third kappa shape index (κ3) is 3.37. The van der Waals surface area contributed by atoms with Crippen LogP contribution in [0.5, 0.6) is 0 Å². The van der Waals surface area contributed by atoms with E-state index >= 15 is 0 Å². The van der Waals surface area contributed by atoms with Crippen molar-refractivity contribution in [2.24, 2.45) is 0 Å². The zero-order valence-electron chi connectivity index (χ0n) is 13.8. The van der Waals surface area contributed by atoms with Gasteiger partial charge in [0.05, 0.1) is 0 Å². The molecule has 0 aromatic carbocycles. The van der Waals surface area contributed by atoms with Gasteiger partial charge in [-0.05, 0) is 32.4 Å². The highest BCUT2D eigenvalue weighted by atomic mass is 16.1. The van der Waals surface area contributed by atoms with Crippen LogP contribution in [0.3, 0.4) is 0 Å². The van der Waals surface area contributed by atoms with E-state index in [1.807, 2.05) is 26.8 Å². The Morgan fingerprint density at radius 1 is 0.920 bits per heavy atom. The van der Waals surface area contributed by atoms with Crippen LogP contribution in [-0.2, 0) is 0 Å². The van der Waals surface area contributed by atoms with E-state index in [0.717, 1.165) is 17.0 Å². The smallest absolute Gasteiger partial charge is 0.253 e. The average Bonchev–Trinajstić information content (AvgIpc) is 3.18. The lowest BCUT2D eigenvalue weighted by Crippen LogP contribution is -1.97. The second kappa shape index (κ2) is 6.51. The Balaban J connectivity index is 0.000000146. The summed E-state index contributed by atoms with van der Waals surface area (Å²) in [6.45, 7) is 5.67. The summed E-state index contributed by atoms with van der Waals surface area (Å²) < 4.78 is 3.04. The van der Waals surface area contributed by atoms with Crippen LogP contribution in [0.2, 0.25) is 0 Å². The lowest BCUT2D eigenvalue weighted by atomic mass is 10.4. The van der Waals surface area contributed by atoms with E-state index < -0.39 is 0 Å². The number of aldehydes is 2. The van der Waals surface area contributed by atoms with Crippen LogP contribution in [0.15, 0.2) is 18.5 Å². The number of rotatable bonds is 2. The zero-order valence-corrected chi connectivity index (χ0v) is 13.8. The number of fused-ring (bicyclic) bond motifs is 2. The van der Waals surface area contributed by atoms with Crippen LogP contribution < -0.4 is 0 Å². The molecular formula is C15H14N8O2. The number of aryl methyl sites for hydroxylation is 3. The predicted molar refractivity (Wildman–Crippen MR) is 86.6 cm³/mol. The predicted octanol–water partition coefficient (Wildman–Crippen LogP) is 0.799. The minimum atomic E-state index is 0.160. The van der Waals surface area contributed by atoms with Crippen molar-refractivity contribution in [3.8, 4) is 0 Å². The number of nitrogens with zero attached hydrogens (tertiary/aromatic N) is 8. The third-order valence-electron chi connectivity index (χ3n) is 3.18. The van der Waals surface area contributed by atoms with Crippen LogP contribution in [0, 0.1) is 20.8 Å². The molecule has 25 heavy (non-hydrogen) atoms. The highest BCUT2D eigenvalue weighted by Crippen LogP contribution is 2.03. The molecule has 0 radical (unpaired) electrons. The molecule has 0 aliphatic carbocycles. The molecule has 0 saturated carbocycles. The van der Waals surface area contributed by atoms with Gasteiger partial charge in [-0.2, -0.15) is 9.97 Å². The fourth-order valence-corrected chi connectivity index (χ4v) is 2.17. The Labute approximate surface area is 141 Å². The molecule has 0 aliphatic heterocycles. The molecule has 4 rings (SSSR count). The van der Waals surface area contributed by atoms with Gasteiger partial charge in [-0.15, -0.1) is 10.2 Å². The Hall–Kier alpha value is -3.56. The molecule has 4 aromatic heterocycles. The molecule has 0 bridgehead atoms. The summed E-state index contributed by atoms with van der Waals surface area (Å²) in [5.74, 6) is 1.25. The van der Waals surface area contributed by atoms with Gasteiger partial charge in [-0.3, -0.25) is 9.59 Å². The molecule has 0 saturated heterocycles. The molecule has 4 heterocycles. The van der Waals surface area contributed by atoms with Crippen LogP contribution in [0.4, 0.5) is 0 Å². The fraction of sp³-hybridized carbons (Fsp3) is 0.200. The standard InChI is InChI=1S/C8H8N4O.C7H6N4O/c1-5-3-6(2)12-8(9-5)10-7(4-13)11-12;1-5-2-8-7-9-6(4-12)10-11(7)3-5/h3-4H,1-2H3;2-4H,1H3. The van der Waals surface area contributed by atoms with E-state index in [1.165, 1.54) is 4.52 Å².